The van der Waals surface area contributed by atoms with Crippen molar-refractivity contribution in [3.8, 4) is 28.2 Å². The van der Waals surface area contributed by atoms with Crippen LogP contribution in [-0.4, -0.2) is 9.55 Å². The summed E-state index contributed by atoms with van der Waals surface area (Å²) in [6.07, 6.45) is 8.14. The summed E-state index contributed by atoms with van der Waals surface area (Å²) in [7, 11) is 0. The van der Waals surface area contributed by atoms with E-state index in [9.17, 15) is 0 Å². The van der Waals surface area contributed by atoms with E-state index < -0.39 is 5.41 Å². The zero-order valence-electron chi connectivity index (χ0n) is 32.6. The molecule has 0 fully saturated rings. The van der Waals surface area contributed by atoms with Gasteiger partial charge in [-0.15, -0.1) is 0 Å². The van der Waals surface area contributed by atoms with E-state index in [1.54, 1.807) is 0 Å². The van der Waals surface area contributed by atoms with E-state index in [1.807, 2.05) is 11.8 Å². The molecule has 2 aliphatic heterocycles. The average Bonchev–Trinajstić information content (AvgIpc) is 3.64. The number of hydrogen-bond acceptors (Lipinski definition) is 3. The first-order chi connectivity index (χ1) is 29.2. The van der Waals surface area contributed by atoms with Crippen LogP contribution in [0.3, 0.4) is 0 Å². The Morgan fingerprint density at radius 3 is 1.85 bits per heavy atom. The van der Waals surface area contributed by atoms with E-state index in [2.05, 4.69) is 217 Å². The Kier molecular flexibility index (Phi) is 7.73. The fourth-order valence-electron chi connectivity index (χ4n) is 10.0. The maximum Gasteiger partial charge on any atom is 0.0764 e. The molecular formula is C55H39N3S. The SMILES string of the molecule is CC1C=C(N2c3ccccc3C3(c4ccccc4Sc4c3ccc3c5ccccc5n(-c5cc(-c6ccccc6)nc(-c6ccccc6)c5)c43)c3ccccc32)C=CC1. The molecule has 0 saturated heterocycles. The lowest BCUT2D eigenvalue weighted by atomic mass is 9.62. The van der Waals surface area contributed by atoms with Crippen LogP contribution in [0.5, 0.6) is 0 Å². The third-order valence-corrected chi connectivity index (χ3v) is 13.7. The molecule has 9 aromatic rings. The van der Waals surface area contributed by atoms with Gasteiger partial charge in [-0.25, -0.2) is 4.98 Å². The minimum absolute atomic E-state index is 0.464. The van der Waals surface area contributed by atoms with Crippen LogP contribution in [0.1, 0.15) is 35.6 Å². The van der Waals surface area contributed by atoms with E-state index in [-0.39, 0.29) is 0 Å². The molecule has 0 amide bonds. The van der Waals surface area contributed by atoms with Gasteiger partial charge >= 0.3 is 0 Å². The lowest BCUT2D eigenvalue weighted by molar-refractivity contribution is 0.687. The van der Waals surface area contributed by atoms with Crippen LogP contribution in [-0.2, 0) is 5.41 Å². The highest BCUT2D eigenvalue weighted by molar-refractivity contribution is 7.99. The number of allylic oxidation sites excluding steroid dienone is 3. The van der Waals surface area contributed by atoms with Crippen molar-refractivity contribution in [2.45, 2.75) is 28.6 Å². The monoisotopic (exact) mass is 773 g/mol. The molecule has 3 aliphatic rings. The van der Waals surface area contributed by atoms with Crippen molar-refractivity contribution in [3.05, 3.63) is 228 Å². The van der Waals surface area contributed by atoms with Gasteiger partial charge < -0.3 is 9.47 Å². The van der Waals surface area contributed by atoms with Gasteiger partial charge in [0.25, 0.3) is 0 Å². The van der Waals surface area contributed by atoms with Crippen LogP contribution in [0.25, 0.3) is 50.0 Å². The number of hydrogen-bond donors (Lipinski definition) is 0. The van der Waals surface area contributed by atoms with Crippen LogP contribution in [0, 0.1) is 5.92 Å². The summed E-state index contributed by atoms with van der Waals surface area (Å²) in [6.45, 7) is 2.32. The Hall–Kier alpha value is -6.88. The number of fused-ring (bicyclic) bond motifs is 12. The normalized spacial score (nSPS) is 16.1. The predicted molar refractivity (Wildman–Crippen MR) is 245 cm³/mol. The number of para-hydroxylation sites is 3. The maximum atomic E-state index is 5.30. The van der Waals surface area contributed by atoms with Gasteiger partial charge in [-0.05, 0) is 77.1 Å². The molecule has 0 saturated carbocycles. The van der Waals surface area contributed by atoms with E-state index in [1.165, 1.54) is 70.9 Å². The first-order valence-electron chi connectivity index (χ1n) is 20.5. The molecular weight excluding hydrogens is 735 g/mol. The Labute approximate surface area is 348 Å². The van der Waals surface area contributed by atoms with Gasteiger partial charge in [-0.1, -0.05) is 176 Å². The largest absolute Gasteiger partial charge is 0.310 e. The van der Waals surface area contributed by atoms with Crippen molar-refractivity contribution >= 4 is 44.9 Å². The highest BCUT2D eigenvalue weighted by Gasteiger charge is 2.51. The number of aromatic nitrogens is 2. The van der Waals surface area contributed by atoms with Gasteiger partial charge in [0.05, 0.1) is 44.9 Å². The van der Waals surface area contributed by atoms with Crippen LogP contribution in [0.2, 0.25) is 0 Å². The fourth-order valence-corrected chi connectivity index (χ4v) is 11.4. The molecule has 12 rings (SSSR count). The zero-order valence-corrected chi connectivity index (χ0v) is 33.4. The molecule has 1 unspecified atom stereocenters. The third-order valence-electron chi connectivity index (χ3n) is 12.5. The van der Waals surface area contributed by atoms with Crippen molar-refractivity contribution in [1.82, 2.24) is 9.55 Å². The molecule has 0 bridgehead atoms. The Bertz CT molecular complexity index is 3090. The molecule has 1 aliphatic carbocycles. The van der Waals surface area contributed by atoms with Crippen LogP contribution in [0.4, 0.5) is 11.4 Å². The van der Waals surface area contributed by atoms with Gasteiger partial charge in [0, 0.05) is 37.4 Å². The van der Waals surface area contributed by atoms with Gasteiger partial charge in [-0.2, -0.15) is 0 Å². The molecule has 0 N–H and O–H groups in total. The molecule has 1 atom stereocenters. The van der Waals surface area contributed by atoms with Crippen molar-refractivity contribution in [2.75, 3.05) is 4.90 Å². The molecule has 2 aromatic heterocycles. The Balaban J connectivity index is 1.21. The molecule has 4 heterocycles. The highest BCUT2D eigenvalue weighted by Crippen LogP contribution is 2.63. The standard InChI is InChI=1S/C55H39N3S/c1-36-17-16-22-39(33-36)57-50-28-13-9-24-43(50)55(44-25-10-14-29-51(44)57)45-26-11-15-30-52(45)59-54-46(55)32-31-42-41-23-8-12-27-49(41)58(53(42)54)40-34-47(37-18-4-2-5-19-37)56-48(35-40)38-20-6-3-7-21-38/h2-16,18-36H,17H2,1H3. The van der Waals surface area contributed by atoms with Crippen molar-refractivity contribution in [2.24, 2.45) is 5.92 Å². The summed E-state index contributed by atoms with van der Waals surface area (Å²) in [5, 5.41) is 2.48. The number of nitrogens with zero attached hydrogens (tertiary/aromatic N) is 3. The molecule has 7 aromatic carbocycles. The second-order valence-corrected chi connectivity index (χ2v) is 17.0. The van der Waals surface area contributed by atoms with E-state index in [4.69, 9.17) is 4.98 Å². The first kappa shape index (κ1) is 34.2. The van der Waals surface area contributed by atoms with E-state index in [0.717, 1.165) is 34.6 Å². The minimum Gasteiger partial charge on any atom is -0.310 e. The number of rotatable bonds is 4. The van der Waals surface area contributed by atoms with Crippen molar-refractivity contribution in [1.29, 1.82) is 0 Å². The summed E-state index contributed by atoms with van der Waals surface area (Å²) >= 11 is 1.91. The van der Waals surface area contributed by atoms with Gasteiger partial charge in [0.15, 0.2) is 0 Å². The molecule has 280 valence electrons. The lowest BCUT2D eigenvalue weighted by Crippen LogP contribution is -2.40. The number of pyridine rings is 1. The van der Waals surface area contributed by atoms with Crippen LogP contribution < -0.4 is 4.90 Å². The summed E-state index contributed by atoms with van der Waals surface area (Å²) in [5.74, 6) is 0.464. The Morgan fingerprint density at radius 1 is 0.576 bits per heavy atom. The Morgan fingerprint density at radius 2 is 1.17 bits per heavy atom. The van der Waals surface area contributed by atoms with Crippen LogP contribution >= 0.6 is 11.8 Å². The summed E-state index contributed by atoms with van der Waals surface area (Å²) in [4.78, 5) is 10.4. The van der Waals surface area contributed by atoms with Crippen LogP contribution in [0.15, 0.2) is 216 Å². The quantitative estimate of drug-likeness (QED) is 0.178. The maximum absolute atomic E-state index is 5.30. The molecule has 59 heavy (non-hydrogen) atoms. The zero-order chi connectivity index (χ0) is 39.1. The van der Waals surface area contributed by atoms with Crippen molar-refractivity contribution in [3.63, 3.8) is 0 Å². The lowest BCUT2D eigenvalue weighted by Gasteiger charge is -2.49. The van der Waals surface area contributed by atoms with Crippen molar-refractivity contribution < 1.29 is 0 Å². The first-order valence-corrected chi connectivity index (χ1v) is 21.3. The summed E-state index contributed by atoms with van der Waals surface area (Å²) in [5.41, 5.74) is 15.9. The highest BCUT2D eigenvalue weighted by atomic mass is 32.2. The van der Waals surface area contributed by atoms with Gasteiger partial charge in [-0.3, -0.25) is 0 Å². The second kappa shape index (κ2) is 13.3. The third kappa shape index (κ3) is 5.06. The summed E-state index contributed by atoms with van der Waals surface area (Å²) < 4.78 is 2.52. The minimum atomic E-state index is -0.580. The van der Waals surface area contributed by atoms with E-state index in [0.29, 0.717) is 5.92 Å². The predicted octanol–water partition coefficient (Wildman–Crippen LogP) is 14.3. The molecule has 4 heteroatoms. The van der Waals surface area contributed by atoms with E-state index >= 15 is 0 Å². The fraction of sp³-hybridized carbons (Fsp3) is 0.0727. The summed E-state index contributed by atoms with van der Waals surface area (Å²) in [6, 6.07) is 66.9. The molecule has 0 radical (unpaired) electrons. The second-order valence-electron chi connectivity index (χ2n) is 15.9. The average molecular weight is 774 g/mol. The topological polar surface area (TPSA) is 21.1 Å². The van der Waals surface area contributed by atoms with Gasteiger partial charge in [0.1, 0.15) is 0 Å². The number of benzene rings is 7. The smallest absolute Gasteiger partial charge is 0.0764 e. The van der Waals surface area contributed by atoms with Gasteiger partial charge in [0.2, 0.25) is 0 Å². The molecule has 3 nitrogen and oxygen atoms in total. The number of anilines is 2. The molecule has 1 spiro atoms.